The van der Waals surface area contributed by atoms with Crippen LogP contribution < -0.4 is 5.73 Å². The van der Waals surface area contributed by atoms with Crippen LogP contribution in [-0.2, 0) is 0 Å². The van der Waals surface area contributed by atoms with Crippen LogP contribution in [0.2, 0.25) is 0 Å². The Bertz CT molecular complexity index is 392. The van der Waals surface area contributed by atoms with Crippen molar-refractivity contribution >= 4 is 27.2 Å². The van der Waals surface area contributed by atoms with Gasteiger partial charge < -0.3 is 5.73 Å². The molecule has 0 aliphatic heterocycles. The Hall–Kier alpha value is -1.09. The van der Waals surface area contributed by atoms with Crippen LogP contribution in [0.25, 0.3) is 10.2 Å². The number of hydrogen-bond donors (Lipinski definition) is 1. The normalized spacial score (nSPS) is 10.6. The van der Waals surface area contributed by atoms with Crippen molar-refractivity contribution < 1.29 is 0 Å². The molecule has 0 spiro atoms. The summed E-state index contributed by atoms with van der Waals surface area (Å²) in [6, 6.07) is 1.83. The van der Waals surface area contributed by atoms with Crippen LogP contribution in [0.15, 0.2) is 17.6 Å². The predicted molar refractivity (Wildman–Crippen MR) is 48.8 cm³/mol. The highest BCUT2D eigenvalue weighted by Crippen LogP contribution is 2.27. The van der Waals surface area contributed by atoms with E-state index in [1.54, 1.807) is 17.5 Å². The summed E-state index contributed by atoms with van der Waals surface area (Å²) in [5.74, 6) is 0. The molecule has 0 aromatic carbocycles. The zero-order valence-corrected chi connectivity index (χ0v) is 6.98. The van der Waals surface area contributed by atoms with E-state index in [1.165, 1.54) is 5.56 Å². The van der Waals surface area contributed by atoms with Crippen LogP contribution in [-0.4, -0.2) is 4.98 Å². The van der Waals surface area contributed by atoms with E-state index in [1.807, 2.05) is 13.0 Å². The first-order valence-electron chi connectivity index (χ1n) is 3.37. The molecule has 56 valence electrons. The van der Waals surface area contributed by atoms with Gasteiger partial charge in [0.1, 0.15) is 0 Å². The fraction of sp³-hybridized carbons (Fsp3) is 0.125. The smallest absolute Gasteiger partial charge is 0.0859 e. The summed E-state index contributed by atoms with van der Waals surface area (Å²) in [6.45, 7) is 2.05. The molecule has 0 saturated carbocycles. The van der Waals surface area contributed by atoms with E-state index in [2.05, 4.69) is 10.4 Å². The van der Waals surface area contributed by atoms with E-state index < -0.39 is 0 Å². The van der Waals surface area contributed by atoms with Crippen molar-refractivity contribution in [1.82, 2.24) is 4.98 Å². The number of fused-ring (bicyclic) bond motifs is 1. The Morgan fingerprint density at radius 1 is 1.55 bits per heavy atom. The number of nitrogens with two attached hydrogens (primary N) is 1. The second kappa shape index (κ2) is 2.20. The Kier molecular flexibility index (Phi) is 1.32. The van der Waals surface area contributed by atoms with Crippen LogP contribution in [0.3, 0.4) is 0 Å². The fourth-order valence-electron chi connectivity index (χ4n) is 1.07. The first kappa shape index (κ1) is 6.61. The summed E-state index contributed by atoms with van der Waals surface area (Å²) >= 11 is 1.65. The molecule has 0 radical (unpaired) electrons. The molecule has 2 nitrogen and oxygen atoms in total. The number of hydrogen-bond acceptors (Lipinski definition) is 3. The number of aryl methyl sites for hydroxylation is 1. The summed E-state index contributed by atoms with van der Waals surface area (Å²) in [5, 5.41) is 2.08. The van der Waals surface area contributed by atoms with Gasteiger partial charge in [0.25, 0.3) is 0 Å². The van der Waals surface area contributed by atoms with E-state index in [0.717, 1.165) is 15.9 Å². The molecule has 2 N–H and O–H groups in total. The lowest BCUT2D eigenvalue weighted by atomic mass is 10.3. The maximum absolute atomic E-state index is 5.74. The van der Waals surface area contributed by atoms with E-state index in [4.69, 9.17) is 5.73 Å². The van der Waals surface area contributed by atoms with Crippen LogP contribution in [0.4, 0.5) is 5.69 Å². The molecule has 2 rings (SSSR count). The zero-order chi connectivity index (χ0) is 7.84. The largest absolute Gasteiger partial charge is 0.397 e. The molecular weight excluding hydrogens is 156 g/mol. The lowest BCUT2D eigenvalue weighted by Gasteiger charge is -1.93. The third-order valence-corrected chi connectivity index (χ3v) is 2.80. The average Bonchev–Trinajstić information content (AvgIpc) is 2.35. The van der Waals surface area contributed by atoms with Gasteiger partial charge in [-0.15, -0.1) is 11.3 Å². The Labute approximate surface area is 68.7 Å². The minimum atomic E-state index is 0.827. The van der Waals surface area contributed by atoms with Crippen LogP contribution in [0.1, 0.15) is 5.56 Å². The van der Waals surface area contributed by atoms with Gasteiger partial charge in [-0.1, -0.05) is 0 Å². The quantitative estimate of drug-likeness (QED) is 0.648. The highest BCUT2D eigenvalue weighted by molar-refractivity contribution is 7.18. The molecule has 0 saturated heterocycles. The van der Waals surface area contributed by atoms with Crippen molar-refractivity contribution in [1.29, 1.82) is 0 Å². The lowest BCUT2D eigenvalue weighted by molar-refractivity contribution is 1.39. The maximum atomic E-state index is 5.74. The molecule has 11 heavy (non-hydrogen) atoms. The van der Waals surface area contributed by atoms with E-state index in [-0.39, 0.29) is 0 Å². The zero-order valence-electron chi connectivity index (χ0n) is 6.16. The average molecular weight is 164 g/mol. The molecule has 2 aromatic rings. The minimum absolute atomic E-state index is 0.827. The summed E-state index contributed by atoms with van der Waals surface area (Å²) in [5.41, 5.74) is 8.81. The van der Waals surface area contributed by atoms with Crippen LogP contribution >= 0.6 is 11.3 Å². The van der Waals surface area contributed by atoms with Crippen LogP contribution in [0.5, 0.6) is 0 Å². The number of thiophene rings is 1. The molecule has 0 atom stereocenters. The molecule has 0 amide bonds. The highest BCUT2D eigenvalue weighted by atomic mass is 32.1. The minimum Gasteiger partial charge on any atom is -0.397 e. The third kappa shape index (κ3) is 0.886. The van der Waals surface area contributed by atoms with Gasteiger partial charge in [0.2, 0.25) is 0 Å². The second-order valence-electron chi connectivity index (χ2n) is 2.50. The van der Waals surface area contributed by atoms with Crippen molar-refractivity contribution in [3.63, 3.8) is 0 Å². The molecule has 2 aromatic heterocycles. The SMILES string of the molecule is Cc1csc2c(N)ccnc12. The van der Waals surface area contributed by atoms with Gasteiger partial charge in [-0.3, -0.25) is 4.98 Å². The summed E-state index contributed by atoms with van der Waals surface area (Å²) < 4.78 is 1.10. The fourth-order valence-corrected chi connectivity index (χ4v) is 2.01. The molecule has 0 aliphatic rings. The molecule has 0 bridgehead atoms. The molecule has 0 unspecified atom stereocenters. The first-order valence-corrected chi connectivity index (χ1v) is 4.25. The van der Waals surface area contributed by atoms with Gasteiger partial charge in [0, 0.05) is 6.20 Å². The summed E-state index contributed by atoms with van der Waals surface area (Å²) in [6.07, 6.45) is 1.75. The van der Waals surface area contributed by atoms with Crippen molar-refractivity contribution in [2.45, 2.75) is 6.92 Å². The third-order valence-electron chi connectivity index (χ3n) is 1.66. The number of aromatic nitrogens is 1. The molecule has 0 aliphatic carbocycles. The van der Waals surface area contributed by atoms with E-state index >= 15 is 0 Å². The van der Waals surface area contributed by atoms with Gasteiger partial charge in [0.15, 0.2) is 0 Å². The predicted octanol–water partition coefficient (Wildman–Crippen LogP) is 2.19. The Balaban J connectivity index is 2.94. The lowest BCUT2D eigenvalue weighted by Crippen LogP contribution is -1.85. The number of nitrogens with zero attached hydrogens (tertiary/aromatic N) is 1. The first-order chi connectivity index (χ1) is 5.29. The Morgan fingerprint density at radius 3 is 3.09 bits per heavy atom. The van der Waals surface area contributed by atoms with Gasteiger partial charge in [-0.2, -0.15) is 0 Å². The van der Waals surface area contributed by atoms with Crippen molar-refractivity contribution in [3.05, 3.63) is 23.2 Å². The second-order valence-corrected chi connectivity index (χ2v) is 3.38. The van der Waals surface area contributed by atoms with Gasteiger partial charge in [-0.25, -0.2) is 0 Å². The summed E-state index contributed by atoms with van der Waals surface area (Å²) in [7, 11) is 0. The molecule has 2 heterocycles. The number of anilines is 1. The molecular formula is C8H8N2S. The van der Waals surface area contributed by atoms with E-state index in [0.29, 0.717) is 0 Å². The topological polar surface area (TPSA) is 38.9 Å². The number of rotatable bonds is 0. The maximum Gasteiger partial charge on any atom is 0.0859 e. The molecule has 0 fully saturated rings. The standard InChI is InChI=1S/C8H8N2S/c1-5-4-11-8-6(9)2-3-10-7(5)8/h2-4H,1H3,(H2,9,10). The van der Waals surface area contributed by atoms with Crippen molar-refractivity contribution in [2.24, 2.45) is 0 Å². The highest BCUT2D eigenvalue weighted by Gasteiger charge is 2.02. The van der Waals surface area contributed by atoms with Crippen molar-refractivity contribution in [2.75, 3.05) is 5.73 Å². The van der Waals surface area contributed by atoms with Gasteiger partial charge in [0.05, 0.1) is 15.9 Å². The molecule has 3 heteroatoms. The Morgan fingerprint density at radius 2 is 2.36 bits per heavy atom. The van der Waals surface area contributed by atoms with E-state index in [9.17, 15) is 0 Å². The van der Waals surface area contributed by atoms with Gasteiger partial charge >= 0.3 is 0 Å². The van der Waals surface area contributed by atoms with Gasteiger partial charge in [-0.05, 0) is 23.9 Å². The summed E-state index contributed by atoms with van der Waals surface area (Å²) in [4.78, 5) is 4.23. The monoisotopic (exact) mass is 164 g/mol. The number of nitrogen functional groups attached to an aromatic ring is 1. The van der Waals surface area contributed by atoms with Crippen LogP contribution in [0, 0.1) is 6.92 Å². The van der Waals surface area contributed by atoms with Crippen molar-refractivity contribution in [3.8, 4) is 0 Å². The number of pyridine rings is 1.